The number of rotatable bonds is 3. The van der Waals surface area contributed by atoms with Gasteiger partial charge in [-0.1, -0.05) is 0 Å². The lowest BCUT2D eigenvalue weighted by molar-refractivity contribution is 0.0926. The van der Waals surface area contributed by atoms with E-state index >= 15 is 0 Å². The molecule has 0 radical (unpaired) electrons. The molecule has 0 atom stereocenters. The summed E-state index contributed by atoms with van der Waals surface area (Å²) >= 11 is 0. The number of halogens is 2. The minimum Gasteiger partial charge on any atom is -0.337 e. The number of benzene rings is 2. The summed E-state index contributed by atoms with van der Waals surface area (Å²) in [7, 11) is 0. The number of nitrogens with zero attached hydrogens (tertiary/aromatic N) is 3. The zero-order valence-electron chi connectivity index (χ0n) is 17.2. The molecule has 2 aliphatic heterocycles. The van der Waals surface area contributed by atoms with Gasteiger partial charge in [0, 0.05) is 17.9 Å². The van der Waals surface area contributed by atoms with Gasteiger partial charge in [0.25, 0.3) is 17.7 Å². The molecule has 0 saturated carbocycles. The Labute approximate surface area is 186 Å². The summed E-state index contributed by atoms with van der Waals surface area (Å²) in [6.07, 6.45) is 2.03. The molecule has 0 fully saturated rings. The second kappa shape index (κ2) is 7.67. The van der Waals surface area contributed by atoms with Crippen LogP contribution in [0.4, 0.5) is 20.2 Å². The van der Waals surface area contributed by atoms with Crippen molar-refractivity contribution in [2.75, 3.05) is 10.2 Å². The number of nitrogens with one attached hydrogen (secondary N) is 1. The first-order valence-electron chi connectivity index (χ1n) is 10.3. The number of anilines is 2. The van der Waals surface area contributed by atoms with E-state index in [0.717, 1.165) is 29.9 Å². The zero-order chi connectivity index (χ0) is 23.3. The first kappa shape index (κ1) is 20.6. The Morgan fingerprint density at radius 3 is 2.39 bits per heavy atom. The summed E-state index contributed by atoms with van der Waals surface area (Å²) in [5.74, 6) is -3.33. The molecule has 164 valence electrons. The molecule has 5 rings (SSSR count). The summed E-state index contributed by atoms with van der Waals surface area (Å²) in [5.41, 5.74) is 0.680. The Bertz CT molecular complexity index is 1390. The van der Waals surface area contributed by atoms with Gasteiger partial charge in [-0.15, -0.1) is 0 Å². The van der Waals surface area contributed by atoms with Gasteiger partial charge in [-0.3, -0.25) is 14.4 Å². The van der Waals surface area contributed by atoms with Crippen molar-refractivity contribution in [1.29, 1.82) is 5.26 Å². The van der Waals surface area contributed by atoms with Crippen molar-refractivity contribution in [2.24, 2.45) is 0 Å². The molecule has 3 amide bonds. The molecule has 0 bridgehead atoms. The second-order valence-corrected chi connectivity index (χ2v) is 7.84. The van der Waals surface area contributed by atoms with Crippen molar-refractivity contribution in [3.8, 4) is 6.07 Å². The van der Waals surface area contributed by atoms with E-state index in [1.807, 2.05) is 0 Å². The summed E-state index contributed by atoms with van der Waals surface area (Å²) in [5, 5.41) is 12.6. The Morgan fingerprint density at radius 1 is 0.970 bits per heavy atom. The third-order valence-corrected chi connectivity index (χ3v) is 5.89. The normalized spacial score (nSPS) is 14.6. The predicted octanol–water partition coefficient (Wildman–Crippen LogP) is 4.03. The number of fused-ring (bicyclic) bond motifs is 2. The van der Waals surface area contributed by atoms with E-state index in [2.05, 4.69) is 11.4 Å². The Hall–Kier alpha value is -4.32. The highest BCUT2D eigenvalue weighted by molar-refractivity contribution is 6.36. The molecule has 33 heavy (non-hydrogen) atoms. The van der Waals surface area contributed by atoms with E-state index in [-0.39, 0.29) is 28.1 Å². The largest absolute Gasteiger partial charge is 0.337 e. The molecule has 0 saturated heterocycles. The molecule has 0 unspecified atom stereocenters. The molecule has 1 aromatic heterocycles. The standard InChI is InChI=1S/C24H16F2N4O3/c25-13-4-7-15(8-5-13)28-22(31)21-20(18(12-27)19-3-1-2-10-29(19)21)30-23(32)16-9-6-14(26)11-17(16)24(30)33/h4-9,11H,1-3,10H2,(H,28,31). The number of nitriles is 1. The van der Waals surface area contributed by atoms with Crippen LogP contribution in [-0.4, -0.2) is 22.3 Å². The number of aromatic nitrogens is 1. The van der Waals surface area contributed by atoms with Crippen LogP contribution in [0, 0.1) is 23.0 Å². The summed E-state index contributed by atoms with van der Waals surface area (Å²) in [6.45, 7) is 0.425. The summed E-state index contributed by atoms with van der Waals surface area (Å²) < 4.78 is 28.7. The van der Waals surface area contributed by atoms with E-state index < -0.39 is 29.4 Å². The Balaban J connectivity index is 1.67. The minimum absolute atomic E-state index is 0.000598. The van der Waals surface area contributed by atoms with Crippen LogP contribution in [-0.2, 0) is 13.0 Å². The van der Waals surface area contributed by atoms with Crippen molar-refractivity contribution >= 4 is 29.1 Å². The fourth-order valence-electron chi connectivity index (χ4n) is 4.43. The fraction of sp³-hybridized carbons (Fsp3) is 0.167. The van der Waals surface area contributed by atoms with Gasteiger partial charge in [0.05, 0.1) is 16.7 Å². The molecule has 3 aromatic rings. The van der Waals surface area contributed by atoms with Crippen LogP contribution in [0.1, 0.15) is 55.3 Å². The van der Waals surface area contributed by atoms with E-state index in [1.165, 1.54) is 30.3 Å². The highest BCUT2D eigenvalue weighted by Crippen LogP contribution is 2.39. The third-order valence-electron chi connectivity index (χ3n) is 5.89. The van der Waals surface area contributed by atoms with Gasteiger partial charge in [-0.2, -0.15) is 5.26 Å². The smallest absolute Gasteiger partial charge is 0.274 e. The van der Waals surface area contributed by atoms with Crippen LogP contribution >= 0.6 is 0 Å². The number of carbonyl (C=O) groups excluding carboxylic acids is 3. The minimum atomic E-state index is -0.801. The molecule has 3 heterocycles. The fourth-order valence-corrected chi connectivity index (χ4v) is 4.43. The van der Waals surface area contributed by atoms with Gasteiger partial charge in [-0.25, -0.2) is 13.7 Å². The van der Waals surface area contributed by atoms with Gasteiger partial charge >= 0.3 is 0 Å². The van der Waals surface area contributed by atoms with E-state index in [0.29, 0.717) is 24.3 Å². The van der Waals surface area contributed by atoms with Crippen LogP contribution in [0.15, 0.2) is 42.5 Å². The second-order valence-electron chi connectivity index (χ2n) is 7.84. The van der Waals surface area contributed by atoms with Crippen LogP contribution in [0.5, 0.6) is 0 Å². The maximum atomic E-state index is 13.8. The zero-order valence-corrected chi connectivity index (χ0v) is 17.2. The maximum absolute atomic E-state index is 13.8. The molecule has 0 aliphatic carbocycles. The van der Waals surface area contributed by atoms with E-state index in [4.69, 9.17) is 0 Å². The number of amides is 3. The first-order chi connectivity index (χ1) is 15.9. The lowest BCUT2D eigenvalue weighted by Gasteiger charge is -2.19. The SMILES string of the molecule is N#Cc1c(N2C(=O)c3ccc(F)cc3C2=O)c(C(=O)Nc2ccc(F)cc2)n2c1CCCC2. The van der Waals surface area contributed by atoms with Crippen LogP contribution in [0.25, 0.3) is 0 Å². The molecular formula is C24H16F2N4O3. The third kappa shape index (κ3) is 3.19. The Kier molecular flexibility index (Phi) is 4.78. The van der Waals surface area contributed by atoms with Gasteiger partial charge in [-0.05, 0) is 61.7 Å². The van der Waals surface area contributed by atoms with Crippen molar-refractivity contribution in [2.45, 2.75) is 25.8 Å². The average molecular weight is 446 g/mol. The summed E-state index contributed by atoms with van der Waals surface area (Å²) in [6, 6.07) is 10.4. The van der Waals surface area contributed by atoms with Crippen LogP contribution < -0.4 is 10.2 Å². The van der Waals surface area contributed by atoms with Crippen molar-refractivity contribution < 1.29 is 23.2 Å². The van der Waals surface area contributed by atoms with Gasteiger partial charge in [0.15, 0.2) is 0 Å². The van der Waals surface area contributed by atoms with Crippen molar-refractivity contribution in [3.63, 3.8) is 0 Å². The quantitative estimate of drug-likeness (QED) is 0.615. The van der Waals surface area contributed by atoms with Crippen molar-refractivity contribution in [1.82, 2.24) is 4.57 Å². The topological polar surface area (TPSA) is 95.2 Å². The molecule has 2 aromatic carbocycles. The first-order valence-corrected chi connectivity index (χ1v) is 10.3. The predicted molar refractivity (Wildman–Crippen MR) is 114 cm³/mol. The maximum Gasteiger partial charge on any atom is 0.274 e. The van der Waals surface area contributed by atoms with E-state index in [9.17, 15) is 28.4 Å². The molecule has 1 N–H and O–H groups in total. The highest BCUT2D eigenvalue weighted by Gasteiger charge is 2.43. The van der Waals surface area contributed by atoms with Crippen LogP contribution in [0.2, 0.25) is 0 Å². The Morgan fingerprint density at radius 2 is 1.67 bits per heavy atom. The molecule has 0 spiro atoms. The summed E-state index contributed by atoms with van der Waals surface area (Å²) in [4.78, 5) is 40.5. The molecular weight excluding hydrogens is 430 g/mol. The van der Waals surface area contributed by atoms with E-state index in [1.54, 1.807) is 4.57 Å². The number of hydrogen-bond acceptors (Lipinski definition) is 4. The number of carbonyl (C=O) groups is 3. The van der Waals surface area contributed by atoms with Gasteiger partial charge in [0.1, 0.15) is 29.1 Å². The highest BCUT2D eigenvalue weighted by atomic mass is 19.1. The lowest BCUT2D eigenvalue weighted by Crippen LogP contribution is -2.32. The average Bonchev–Trinajstić information content (AvgIpc) is 3.26. The lowest BCUT2D eigenvalue weighted by atomic mass is 10.1. The van der Waals surface area contributed by atoms with Gasteiger partial charge < -0.3 is 9.88 Å². The molecule has 2 aliphatic rings. The number of hydrogen-bond donors (Lipinski definition) is 1. The monoisotopic (exact) mass is 446 g/mol. The van der Waals surface area contributed by atoms with Crippen molar-refractivity contribution in [3.05, 3.63) is 82.2 Å². The molecule has 9 heteroatoms. The number of imide groups is 1. The molecule has 7 nitrogen and oxygen atoms in total. The van der Waals surface area contributed by atoms with Gasteiger partial charge in [0.2, 0.25) is 0 Å². The van der Waals surface area contributed by atoms with Crippen LogP contribution in [0.3, 0.4) is 0 Å².